The highest BCUT2D eigenvalue weighted by molar-refractivity contribution is 6.31. The van der Waals surface area contributed by atoms with Gasteiger partial charge in [0.2, 0.25) is 0 Å². The van der Waals surface area contributed by atoms with Crippen LogP contribution in [0.15, 0.2) is 48.2 Å². The van der Waals surface area contributed by atoms with Crippen LogP contribution in [0.3, 0.4) is 0 Å². The van der Waals surface area contributed by atoms with E-state index in [9.17, 15) is 14.0 Å². The number of carbonyl (C=O) groups excluding carboxylic acids is 2. The molecule has 0 saturated carbocycles. The third-order valence-electron chi connectivity index (χ3n) is 4.54. The molecule has 0 bridgehead atoms. The van der Waals surface area contributed by atoms with Crippen molar-refractivity contribution < 1.29 is 23.5 Å². The number of benzene rings is 2. The molecule has 1 unspecified atom stereocenters. The summed E-state index contributed by atoms with van der Waals surface area (Å²) in [7, 11) is 0. The largest absolute Gasteiger partial charge is 0.484 e. The summed E-state index contributed by atoms with van der Waals surface area (Å²) in [6.07, 6.45) is 2.19. The Morgan fingerprint density at radius 1 is 1.03 bits per heavy atom. The van der Waals surface area contributed by atoms with Crippen LogP contribution in [-0.2, 0) is 9.59 Å². The van der Waals surface area contributed by atoms with Crippen LogP contribution in [0, 0.1) is 12.7 Å². The Kier molecular flexibility index (Phi) is 7.08. The average molecular weight is 467 g/mol. The fraction of sp³-hybridized carbons (Fsp3) is 0.273. The Morgan fingerprint density at radius 3 is 2.23 bits per heavy atom. The van der Waals surface area contributed by atoms with Gasteiger partial charge in [-0.3, -0.25) is 9.59 Å². The lowest BCUT2D eigenvalue weighted by atomic mass is 9.84. The Morgan fingerprint density at radius 2 is 1.61 bits per heavy atom. The van der Waals surface area contributed by atoms with E-state index in [0.29, 0.717) is 22.9 Å². The zero-order valence-electron chi connectivity index (χ0n) is 16.9. The standard InChI is InChI=1S/C22H21Cl2FN2O4/c1-13-7-15(3-5-17(13)23)30-11-20(28)26-14-9-22(2,10-14)27-21(29)12-31-16-4-6-18(24)19(25)8-16/h3-9H,10-12H2,1-2H3,(H,26,28)(H,27,29). The lowest BCUT2D eigenvalue weighted by molar-refractivity contribution is -0.124. The highest BCUT2D eigenvalue weighted by Gasteiger charge is 2.34. The molecule has 0 spiro atoms. The molecule has 164 valence electrons. The summed E-state index contributed by atoms with van der Waals surface area (Å²) in [5.41, 5.74) is 0.935. The molecule has 31 heavy (non-hydrogen) atoms. The van der Waals surface area contributed by atoms with E-state index < -0.39 is 11.4 Å². The molecule has 2 amide bonds. The van der Waals surface area contributed by atoms with Crippen molar-refractivity contribution in [3.8, 4) is 11.5 Å². The number of halogens is 3. The van der Waals surface area contributed by atoms with Crippen molar-refractivity contribution in [3.05, 3.63) is 69.6 Å². The monoisotopic (exact) mass is 466 g/mol. The molecule has 2 aromatic rings. The third-order valence-corrected chi connectivity index (χ3v) is 5.27. The summed E-state index contributed by atoms with van der Waals surface area (Å²) >= 11 is 11.6. The molecule has 6 nitrogen and oxygen atoms in total. The number of amides is 2. The van der Waals surface area contributed by atoms with Crippen molar-refractivity contribution in [2.24, 2.45) is 0 Å². The van der Waals surface area contributed by atoms with Gasteiger partial charge in [0.1, 0.15) is 17.3 Å². The first kappa shape index (κ1) is 22.9. The number of ether oxygens (including phenoxy) is 2. The van der Waals surface area contributed by atoms with Gasteiger partial charge in [-0.05, 0) is 55.8 Å². The Hall–Kier alpha value is -2.77. The van der Waals surface area contributed by atoms with Gasteiger partial charge in [-0.25, -0.2) is 4.39 Å². The van der Waals surface area contributed by atoms with Crippen LogP contribution in [0.5, 0.6) is 11.5 Å². The van der Waals surface area contributed by atoms with Crippen LogP contribution in [0.1, 0.15) is 18.9 Å². The minimum atomic E-state index is -0.621. The lowest BCUT2D eigenvalue weighted by Gasteiger charge is -2.37. The fourth-order valence-corrected chi connectivity index (χ4v) is 3.29. The molecule has 0 aromatic heterocycles. The molecule has 0 heterocycles. The van der Waals surface area contributed by atoms with Crippen molar-refractivity contribution in [1.29, 1.82) is 0 Å². The zero-order chi connectivity index (χ0) is 22.6. The van der Waals surface area contributed by atoms with Crippen molar-refractivity contribution in [1.82, 2.24) is 10.6 Å². The number of aryl methyl sites for hydroxylation is 1. The summed E-state index contributed by atoms with van der Waals surface area (Å²) in [6.45, 7) is 3.24. The first-order valence-corrected chi connectivity index (χ1v) is 10.2. The molecule has 2 N–H and O–H groups in total. The number of hydrogen-bond acceptors (Lipinski definition) is 4. The molecular formula is C22H21Cl2FN2O4. The van der Waals surface area contributed by atoms with Gasteiger partial charge in [-0.1, -0.05) is 23.2 Å². The molecule has 3 rings (SSSR count). The third kappa shape index (κ3) is 6.35. The zero-order valence-corrected chi connectivity index (χ0v) is 18.4. The van der Waals surface area contributed by atoms with Crippen LogP contribution < -0.4 is 20.1 Å². The summed E-state index contributed by atoms with van der Waals surface area (Å²) in [5.74, 6) is -0.544. The van der Waals surface area contributed by atoms with Crippen molar-refractivity contribution in [2.75, 3.05) is 13.2 Å². The van der Waals surface area contributed by atoms with Gasteiger partial charge in [-0.2, -0.15) is 0 Å². The van der Waals surface area contributed by atoms with Crippen LogP contribution in [0.4, 0.5) is 4.39 Å². The van der Waals surface area contributed by atoms with E-state index in [-0.39, 0.29) is 35.8 Å². The summed E-state index contributed by atoms with van der Waals surface area (Å²) < 4.78 is 24.1. The highest BCUT2D eigenvalue weighted by Crippen LogP contribution is 2.28. The molecule has 1 aliphatic carbocycles. The molecule has 0 radical (unpaired) electrons. The lowest BCUT2D eigenvalue weighted by Crippen LogP contribution is -2.53. The van der Waals surface area contributed by atoms with E-state index in [4.69, 9.17) is 32.7 Å². The van der Waals surface area contributed by atoms with E-state index in [1.165, 1.54) is 12.1 Å². The van der Waals surface area contributed by atoms with Gasteiger partial charge in [0.15, 0.2) is 13.2 Å². The molecule has 1 atom stereocenters. The van der Waals surface area contributed by atoms with Gasteiger partial charge in [0.25, 0.3) is 11.8 Å². The van der Waals surface area contributed by atoms with Gasteiger partial charge in [-0.15, -0.1) is 0 Å². The minimum Gasteiger partial charge on any atom is -0.484 e. The molecular weight excluding hydrogens is 446 g/mol. The summed E-state index contributed by atoms with van der Waals surface area (Å²) in [5, 5.41) is 6.16. The maximum atomic E-state index is 13.4. The maximum Gasteiger partial charge on any atom is 0.262 e. The SMILES string of the molecule is Cc1cc(OCC(=O)NC2=CC(C)(NC(=O)COc3ccc(Cl)c(F)c3)C2)ccc1Cl. The first-order valence-electron chi connectivity index (χ1n) is 9.43. The van der Waals surface area contributed by atoms with Crippen LogP contribution in [0.25, 0.3) is 0 Å². The van der Waals surface area contributed by atoms with Crippen LogP contribution in [0.2, 0.25) is 10.0 Å². The molecule has 1 aliphatic rings. The van der Waals surface area contributed by atoms with Crippen molar-refractivity contribution in [3.63, 3.8) is 0 Å². The van der Waals surface area contributed by atoms with Gasteiger partial charge in [0.05, 0.1) is 10.6 Å². The fourth-order valence-electron chi connectivity index (χ4n) is 3.05. The van der Waals surface area contributed by atoms with Gasteiger partial charge >= 0.3 is 0 Å². The number of nitrogens with one attached hydrogen (secondary N) is 2. The van der Waals surface area contributed by atoms with Crippen LogP contribution in [-0.4, -0.2) is 30.6 Å². The molecule has 0 saturated heterocycles. The second-order valence-electron chi connectivity index (χ2n) is 7.42. The van der Waals surface area contributed by atoms with E-state index in [1.807, 2.05) is 13.8 Å². The second kappa shape index (κ2) is 9.58. The van der Waals surface area contributed by atoms with E-state index in [2.05, 4.69) is 10.6 Å². The molecule has 9 heteroatoms. The van der Waals surface area contributed by atoms with E-state index >= 15 is 0 Å². The van der Waals surface area contributed by atoms with Crippen molar-refractivity contribution >= 4 is 35.0 Å². The molecule has 0 aliphatic heterocycles. The normalized spacial score (nSPS) is 17.3. The van der Waals surface area contributed by atoms with Crippen molar-refractivity contribution in [2.45, 2.75) is 25.8 Å². The average Bonchev–Trinajstić information content (AvgIpc) is 2.68. The number of rotatable bonds is 8. The summed E-state index contributed by atoms with van der Waals surface area (Å²) in [6, 6.07) is 9.10. The predicted molar refractivity (Wildman–Crippen MR) is 116 cm³/mol. The number of carbonyl (C=O) groups is 2. The summed E-state index contributed by atoms with van der Waals surface area (Å²) in [4.78, 5) is 24.2. The quantitative estimate of drug-likeness (QED) is 0.611. The predicted octanol–water partition coefficient (Wildman–Crippen LogP) is 4.18. The maximum absolute atomic E-state index is 13.4. The van der Waals surface area contributed by atoms with E-state index in [1.54, 1.807) is 24.3 Å². The Bertz CT molecular complexity index is 1040. The van der Waals surface area contributed by atoms with E-state index in [0.717, 1.165) is 11.6 Å². The Labute approximate surface area is 189 Å². The van der Waals surface area contributed by atoms with Gasteiger partial charge < -0.3 is 20.1 Å². The first-order chi connectivity index (χ1) is 14.6. The van der Waals surface area contributed by atoms with Gasteiger partial charge in [0, 0.05) is 23.2 Å². The highest BCUT2D eigenvalue weighted by atomic mass is 35.5. The second-order valence-corrected chi connectivity index (χ2v) is 8.24. The Balaban J connectivity index is 1.41. The topological polar surface area (TPSA) is 76.7 Å². The molecule has 2 aromatic carbocycles. The minimum absolute atomic E-state index is 0.0211. The smallest absolute Gasteiger partial charge is 0.262 e. The molecule has 0 fully saturated rings. The van der Waals surface area contributed by atoms with Crippen LogP contribution >= 0.6 is 23.2 Å². The number of hydrogen-bond donors (Lipinski definition) is 2.